The average Bonchev–Trinajstić information content (AvgIpc) is 2.82. The van der Waals surface area contributed by atoms with Crippen LogP contribution in [-0.4, -0.2) is 18.5 Å². The summed E-state index contributed by atoms with van der Waals surface area (Å²) in [6.45, 7) is 2.02. The lowest BCUT2D eigenvalue weighted by atomic mass is 10.1. The van der Waals surface area contributed by atoms with Crippen molar-refractivity contribution in [2.45, 2.75) is 39.0 Å². The SMILES string of the molecule is CCOC(=O)c1c(NC(=O)/C=C/c2c(F)cccc2Cl)sc2c1CCCCC2. The number of anilines is 1. The molecule has 0 spiro atoms. The summed E-state index contributed by atoms with van der Waals surface area (Å²) in [7, 11) is 0. The monoisotopic (exact) mass is 421 g/mol. The zero-order chi connectivity index (χ0) is 20.1. The molecule has 7 heteroatoms. The van der Waals surface area contributed by atoms with E-state index in [4.69, 9.17) is 16.3 Å². The van der Waals surface area contributed by atoms with Crippen LogP contribution in [0.15, 0.2) is 24.3 Å². The Labute approximate surface area is 172 Å². The summed E-state index contributed by atoms with van der Waals surface area (Å²) in [5.74, 6) is -1.38. The lowest BCUT2D eigenvalue weighted by molar-refractivity contribution is -0.111. The Kier molecular flexibility index (Phi) is 6.86. The second kappa shape index (κ2) is 9.34. The van der Waals surface area contributed by atoms with Crippen LogP contribution in [0.4, 0.5) is 9.39 Å². The fourth-order valence-electron chi connectivity index (χ4n) is 3.23. The first-order valence-electron chi connectivity index (χ1n) is 9.26. The van der Waals surface area contributed by atoms with E-state index < -0.39 is 17.7 Å². The molecule has 1 N–H and O–H groups in total. The van der Waals surface area contributed by atoms with Gasteiger partial charge in [-0.05, 0) is 56.4 Å². The molecule has 1 amide bonds. The van der Waals surface area contributed by atoms with Crippen LogP contribution in [0.25, 0.3) is 6.08 Å². The minimum atomic E-state index is -0.508. The molecule has 2 aromatic rings. The molecule has 0 atom stereocenters. The van der Waals surface area contributed by atoms with Crippen molar-refractivity contribution in [1.82, 2.24) is 0 Å². The van der Waals surface area contributed by atoms with Gasteiger partial charge in [0, 0.05) is 16.5 Å². The third kappa shape index (κ3) is 4.62. The van der Waals surface area contributed by atoms with Gasteiger partial charge in [-0.1, -0.05) is 24.1 Å². The summed E-state index contributed by atoms with van der Waals surface area (Å²) < 4.78 is 19.1. The van der Waals surface area contributed by atoms with E-state index in [-0.39, 0.29) is 17.2 Å². The number of aryl methyl sites for hydroxylation is 1. The largest absolute Gasteiger partial charge is 0.462 e. The number of hydrogen-bond donors (Lipinski definition) is 1. The van der Waals surface area contributed by atoms with E-state index in [0.29, 0.717) is 10.6 Å². The molecule has 28 heavy (non-hydrogen) atoms. The van der Waals surface area contributed by atoms with E-state index in [0.717, 1.165) is 42.5 Å². The molecule has 148 valence electrons. The first-order chi connectivity index (χ1) is 13.5. The number of benzene rings is 1. The van der Waals surface area contributed by atoms with E-state index in [2.05, 4.69) is 5.32 Å². The molecule has 0 fully saturated rings. The first-order valence-corrected chi connectivity index (χ1v) is 10.5. The van der Waals surface area contributed by atoms with Gasteiger partial charge in [0.05, 0.1) is 17.2 Å². The second-order valence-corrected chi connectivity index (χ2v) is 7.96. The molecule has 0 bridgehead atoms. The van der Waals surface area contributed by atoms with E-state index in [1.54, 1.807) is 13.0 Å². The summed E-state index contributed by atoms with van der Waals surface area (Å²) >= 11 is 7.40. The van der Waals surface area contributed by atoms with Crippen molar-refractivity contribution in [2.24, 2.45) is 0 Å². The van der Waals surface area contributed by atoms with Crippen LogP contribution in [0.1, 0.15) is 52.5 Å². The highest BCUT2D eigenvalue weighted by Crippen LogP contribution is 2.38. The van der Waals surface area contributed by atoms with Crippen molar-refractivity contribution in [1.29, 1.82) is 0 Å². The maximum atomic E-state index is 13.8. The van der Waals surface area contributed by atoms with Gasteiger partial charge in [-0.25, -0.2) is 9.18 Å². The minimum Gasteiger partial charge on any atom is -0.462 e. The molecule has 1 aromatic heterocycles. The molecule has 0 saturated carbocycles. The molecule has 4 nitrogen and oxygen atoms in total. The topological polar surface area (TPSA) is 55.4 Å². The van der Waals surface area contributed by atoms with E-state index >= 15 is 0 Å². The van der Waals surface area contributed by atoms with Gasteiger partial charge in [0.1, 0.15) is 10.8 Å². The molecule has 1 heterocycles. The normalized spacial score (nSPS) is 13.8. The zero-order valence-electron chi connectivity index (χ0n) is 15.5. The second-order valence-electron chi connectivity index (χ2n) is 6.45. The molecule has 0 unspecified atom stereocenters. The fraction of sp³-hybridized carbons (Fsp3) is 0.333. The maximum absolute atomic E-state index is 13.8. The number of ether oxygens (including phenoxy) is 1. The lowest BCUT2D eigenvalue weighted by Gasteiger charge is -2.07. The number of fused-ring (bicyclic) bond motifs is 1. The van der Waals surface area contributed by atoms with Crippen molar-refractivity contribution in [3.05, 3.63) is 56.7 Å². The number of carbonyl (C=O) groups excluding carboxylic acids is 2. The van der Waals surface area contributed by atoms with E-state index in [1.807, 2.05) is 0 Å². The first kappa shape index (κ1) is 20.6. The average molecular weight is 422 g/mol. The summed E-state index contributed by atoms with van der Waals surface area (Å²) in [6.07, 6.45) is 7.43. The van der Waals surface area contributed by atoms with Gasteiger partial charge in [-0.15, -0.1) is 11.3 Å². The van der Waals surface area contributed by atoms with Gasteiger partial charge in [-0.3, -0.25) is 4.79 Å². The Bertz CT molecular complexity index is 902. The molecule has 0 radical (unpaired) electrons. The van der Waals surface area contributed by atoms with Crippen LogP contribution in [-0.2, 0) is 22.4 Å². The molecule has 0 saturated heterocycles. The standard InChI is InChI=1S/C21H21ClFNO3S/c1-2-27-21(26)19-14-7-4-3-5-10-17(14)28-20(19)24-18(25)12-11-13-15(22)8-6-9-16(13)23/h6,8-9,11-12H,2-5,7,10H2,1H3,(H,24,25)/b12-11+. The smallest absolute Gasteiger partial charge is 0.341 e. The van der Waals surface area contributed by atoms with Gasteiger partial charge in [0.25, 0.3) is 0 Å². The molecule has 3 rings (SSSR count). The third-order valence-electron chi connectivity index (χ3n) is 4.54. The van der Waals surface area contributed by atoms with Gasteiger partial charge in [-0.2, -0.15) is 0 Å². The number of hydrogen-bond acceptors (Lipinski definition) is 4. The van der Waals surface area contributed by atoms with Crippen LogP contribution < -0.4 is 5.32 Å². The number of thiophene rings is 1. The Morgan fingerprint density at radius 3 is 2.82 bits per heavy atom. The van der Waals surface area contributed by atoms with E-state index in [1.165, 1.54) is 35.6 Å². The van der Waals surface area contributed by atoms with Gasteiger partial charge in [0.2, 0.25) is 5.91 Å². The molecule has 1 aliphatic carbocycles. The highest BCUT2D eigenvalue weighted by atomic mass is 35.5. The Morgan fingerprint density at radius 1 is 1.29 bits per heavy atom. The fourth-order valence-corrected chi connectivity index (χ4v) is 4.74. The zero-order valence-corrected chi connectivity index (χ0v) is 17.1. The van der Waals surface area contributed by atoms with E-state index in [9.17, 15) is 14.0 Å². The van der Waals surface area contributed by atoms with Crippen LogP contribution >= 0.6 is 22.9 Å². The van der Waals surface area contributed by atoms with Crippen LogP contribution in [0.3, 0.4) is 0 Å². The quantitative estimate of drug-likeness (QED) is 0.386. The summed E-state index contributed by atoms with van der Waals surface area (Å²) in [5.41, 5.74) is 1.58. The van der Waals surface area contributed by atoms with Crippen molar-refractivity contribution >= 4 is 45.9 Å². The molecular weight excluding hydrogens is 401 g/mol. The number of nitrogens with one attached hydrogen (secondary N) is 1. The Balaban J connectivity index is 1.86. The number of amides is 1. The number of halogens is 2. The summed E-state index contributed by atoms with van der Waals surface area (Å²) in [6, 6.07) is 4.33. The van der Waals surface area contributed by atoms with Crippen LogP contribution in [0.2, 0.25) is 5.02 Å². The third-order valence-corrected chi connectivity index (χ3v) is 6.08. The number of rotatable bonds is 5. The van der Waals surface area contributed by atoms with Gasteiger partial charge >= 0.3 is 5.97 Å². The van der Waals surface area contributed by atoms with Gasteiger partial charge < -0.3 is 10.1 Å². The van der Waals surface area contributed by atoms with Gasteiger partial charge in [0.15, 0.2) is 0 Å². The highest BCUT2D eigenvalue weighted by molar-refractivity contribution is 7.17. The van der Waals surface area contributed by atoms with Crippen LogP contribution in [0.5, 0.6) is 0 Å². The highest BCUT2D eigenvalue weighted by Gasteiger charge is 2.26. The molecule has 0 aliphatic heterocycles. The molecule has 1 aromatic carbocycles. The molecule has 1 aliphatic rings. The van der Waals surface area contributed by atoms with Crippen LogP contribution in [0, 0.1) is 5.82 Å². The lowest BCUT2D eigenvalue weighted by Crippen LogP contribution is -2.13. The van der Waals surface area contributed by atoms with Crippen molar-refractivity contribution in [3.63, 3.8) is 0 Å². The number of esters is 1. The predicted molar refractivity (Wildman–Crippen MR) is 111 cm³/mol. The summed E-state index contributed by atoms with van der Waals surface area (Å²) in [5, 5.41) is 3.47. The Hall–Kier alpha value is -2.18. The van der Waals surface area contributed by atoms with Crippen molar-refractivity contribution in [3.8, 4) is 0 Å². The number of carbonyl (C=O) groups is 2. The Morgan fingerprint density at radius 2 is 2.07 bits per heavy atom. The predicted octanol–water partition coefficient (Wildman–Crippen LogP) is 5.64. The summed E-state index contributed by atoms with van der Waals surface area (Å²) in [4.78, 5) is 26.0. The van der Waals surface area contributed by atoms with Crippen molar-refractivity contribution < 1.29 is 18.7 Å². The van der Waals surface area contributed by atoms with Crippen molar-refractivity contribution in [2.75, 3.05) is 11.9 Å². The minimum absolute atomic E-state index is 0.145. The maximum Gasteiger partial charge on any atom is 0.341 e. The molecular formula is C21H21ClFNO3S.